The maximum atomic E-state index is 12.7. The number of hydrogen-bond donors (Lipinski definition) is 0. The molecule has 124 valence electrons. The Morgan fingerprint density at radius 2 is 1.56 bits per heavy atom. The molecule has 0 unspecified atom stereocenters. The highest BCUT2D eigenvalue weighted by Crippen LogP contribution is 2.33. The lowest BCUT2D eigenvalue weighted by atomic mass is 9.98. The fourth-order valence-corrected chi connectivity index (χ4v) is 2.71. The number of alkyl halides is 3. The van der Waals surface area contributed by atoms with Gasteiger partial charge in [-0.05, 0) is 23.8 Å². The van der Waals surface area contributed by atoms with E-state index in [0.29, 0.717) is 16.8 Å². The zero-order valence-electron chi connectivity index (χ0n) is 12.7. The van der Waals surface area contributed by atoms with Crippen LogP contribution in [0.3, 0.4) is 0 Å². The minimum absolute atomic E-state index is 0.124. The molecular formula is C19H10F3N2S-. The van der Waals surface area contributed by atoms with Crippen LogP contribution < -0.4 is 0 Å². The first-order chi connectivity index (χ1) is 11.9. The van der Waals surface area contributed by atoms with Crippen molar-refractivity contribution in [1.82, 2.24) is 4.98 Å². The molecule has 0 aliphatic heterocycles. The van der Waals surface area contributed by atoms with Gasteiger partial charge in [-0.3, -0.25) is 4.98 Å². The zero-order valence-corrected chi connectivity index (χ0v) is 13.5. The highest BCUT2D eigenvalue weighted by Gasteiger charge is 2.30. The molecule has 1 heterocycles. The van der Waals surface area contributed by atoms with Gasteiger partial charge in [0.2, 0.25) is 0 Å². The molecule has 25 heavy (non-hydrogen) atoms. The van der Waals surface area contributed by atoms with E-state index >= 15 is 0 Å². The summed E-state index contributed by atoms with van der Waals surface area (Å²) in [6.07, 6.45) is -4.41. The topological polar surface area (TPSA) is 36.7 Å². The number of rotatable bonds is 2. The molecule has 3 rings (SSSR count). The van der Waals surface area contributed by atoms with E-state index in [1.807, 2.05) is 36.4 Å². The Hall–Kier alpha value is -2.91. The van der Waals surface area contributed by atoms with Crippen molar-refractivity contribution in [1.29, 1.82) is 5.26 Å². The van der Waals surface area contributed by atoms with Crippen LogP contribution >= 0.6 is 0 Å². The number of benzene rings is 2. The summed E-state index contributed by atoms with van der Waals surface area (Å²) in [5.74, 6) is 0. The van der Waals surface area contributed by atoms with Crippen LogP contribution in [0, 0.1) is 11.3 Å². The van der Waals surface area contributed by atoms with Crippen molar-refractivity contribution in [3.8, 4) is 28.5 Å². The van der Waals surface area contributed by atoms with Crippen LogP contribution in [-0.4, -0.2) is 4.98 Å². The molecule has 0 spiro atoms. The van der Waals surface area contributed by atoms with Gasteiger partial charge in [0.05, 0.1) is 22.9 Å². The van der Waals surface area contributed by atoms with Gasteiger partial charge in [-0.15, -0.1) is 0 Å². The van der Waals surface area contributed by atoms with Crippen molar-refractivity contribution in [2.75, 3.05) is 0 Å². The van der Waals surface area contributed by atoms with Crippen molar-refractivity contribution < 1.29 is 13.2 Å². The second-order valence-corrected chi connectivity index (χ2v) is 5.67. The summed E-state index contributed by atoms with van der Waals surface area (Å²) in [5, 5.41) is 9.49. The molecule has 0 saturated heterocycles. The summed E-state index contributed by atoms with van der Waals surface area (Å²) in [5.41, 5.74) is 1.76. The number of pyridine rings is 1. The van der Waals surface area contributed by atoms with E-state index in [4.69, 9.17) is 12.6 Å². The van der Waals surface area contributed by atoms with Crippen LogP contribution in [0.4, 0.5) is 13.2 Å². The number of aromatic nitrogens is 1. The molecular weight excluding hydrogens is 345 g/mol. The molecule has 0 fully saturated rings. The van der Waals surface area contributed by atoms with Crippen LogP contribution in [0.25, 0.3) is 22.4 Å². The first-order valence-corrected chi connectivity index (χ1v) is 7.66. The molecule has 0 atom stereocenters. The lowest BCUT2D eigenvalue weighted by molar-refractivity contribution is -0.137. The van der Waals surface area contributed by atoms with Crippen LogP contribution in [0.1, 0.15) is 11.1 Å². The second kappa shape index (κ2) is 6.54. The van der Waals surface area contributed by atoms with Crippen molar-refractivity contribution in [3.05, 3.63) is 71.8 Å². The summed E-state index contributed by atoms with van der Waals surface area (Å²) < 4.78 is 38.2. The smallest absolute Gasteiger partial charge is 0.416 e. The van der Waals surface area contributed by atoms with Gasteiger partial charge in [0.1, 0.15) is 0 Å². The van der Waals surface area contributed by atoms with Crippen LogP contribution in [0.2, 0.25) is 0 Å². The van der Waals surface area contributed by atoms with Gasteiger partial charge < -0.3 is 12.6 Å². The molecule has 0 aliphatic carbocycles. The Kier molecular flexibility index (Phi) is 4.43. The standard InChI is InChI=1S/C19H11F3N2S/c20-19(21,22)14-8-6-12(7-9-14)15-10-17(13-4-2-1-3-5-13)24-18(25)16(15)11-23/h1-10H,(H,24,25)/p-1. The van der Waals surface area contributed by atoms with Crippen molar-refractivity contribution in [3.63, 3.8) is 0 Å². The fourth-order valence-electron chi connectivity index (χ4n) is 2.45. The predicted molar refractivity (Wildman–Crippen MR) is 90.5 cm³/mol. The quantitative estimate of drug-likeness (QED) is 0.592. The van der Waals surface area contributed by atoms with E-state index in [2.05, 4.69) is 4.98 Å². The summed E-state index contributed by atoms with van der Waals surface area (Å²) in [6, 6.07) is 17.6. The highest BCUT2D eigenvalue weighted by atomic mass is 32.1. The number of nitrogens with zero attached hydrogens (tertiary/aromatic N) is 2. The van der Waals surface area contributed by atoms with Gasteiger partial charge in [0.25, 0.3) is 0 Å². The van der Waals surface area contributed by atoms with Crippen LogP contribution in [0.15, 0.2) is 65.7 Å². The number of hydrogen-bond acceptors (Lipinski definition) is 3. The Labute approximate surface area is 148 Å². The molecule has 0 saturated carbocycles. The molecule has 0 aliphatic rings. The number of nitriles is 1. The molecule has 1 aromatic heterocycles. The van der Waals surface area contributed by atoms with Gasteiger partial charge in [0, 0.05) is 11.1 Å². The second-order valence-electron chi connectivity index (χ2n) is 5.29. The van der Waals surface area contributed by atoms with E-state index in [9.17, 15) is 18.4 Å². The van der Waals surface area contributed by atoms with E-state index in [-0.39, 0.29) is 10.6 Å². The van der Waals surface area contributed by atoms with Gasteiger partial charge >= 0.3 is 6.18 Å². The van der Waals surface area contributed by atoms with Crippen LogP contribution in [0.5, 0.6) is 0 Å². The highest BCUT2D eigenvalue weighted by molar-refractivity contribution is 7.58. The molecule has 0 amide bonds. The van der Waals surface area contributed by atoms with Gasteiger partial charge in [-0.1, -0.05) is 47.5 Å². The summed E-state index contributed by atoms with van der Waals surface area (Å²) in [6.45, 7) is 0. The summed E-state index contributed by atoms with van der Waals surface area (Å²) in [7, 11) is 0. The average molecular weight is 355 g/mol. The zero-order chi connectivity index (χ0) is 18.0. The Morgan fingerprint density at radius 3 is 2.12 bits per heavy atom. The summed E-state index contributed by atoms with van der Waals surface area (Å²) in [4.78, 5) is 4.27. The molecule has 3 aromatic rings. The van der Waals surface area contributed by atoms with E-state index in [0.717, 1.165) is 17.7 Å². The Bertz CT molecular complexity index is 943. The van der Waals surface area contributed by atoms with Gasteiger partial charge in [-0.2, -0.15) is 18.4 Å². The summed E-state index contributed by atoms with van der Waals surface area (Å²) >= 11 is 5.20. The van der Waals surface area contributed by atoms with Crippen LogP contribution in [-0.2, 0) is 18.8 Å². The largest absolute Gasteiger partial charge is 0.759 e. The van der Waals surface area contributed by atoms with E-state index < -0.39 is 11.7 Å². The molecule has 2 aromatic carbocycles. The third kappa shape index (κ3) is 3.47. The first-order valence-electron chi connectivity index (χ1n) is 7.25. The Balaban J connectivity index is 2.15. The lowest BCUT2D eigenvalue weighted by Crippen LogP contribution is -2.04. The SMILES string of the molecule is N#Cc1c(-c2ccc(C(F)(F)F)cc2)cc(-c2ccccc2)nc1[S-]. The molecule has 2 nitrogen and oxygen atoms in total. The minimum atomic E-state index is -4.41. The average Bonchev–Trinajstić information content (AvgIpc) is 2.61. The molecule has 0 radical (unpaired) electrons. The minimum Gasteiger partial charge on any atom is -0.759 e. The first kappa shape index (κ1) is 16.9. The third-order valence-electron chi connectivity index (χ3n) is 3.69. The van der Waals surface area contributed by atoms with Crippen molar-refractivity contribution in [2.45, 2.75) is 11.2 Å². The number of halogens is 3. The normalized spacial score (nSPS) is 11.1. The molecule has 0 bridgehead atoms. The lowest BCUT2D eigenvalue weighted by Gasteiger charge is -2.16. The molecule has 0 N–H and O–H groups in total. The van der Waals surface area contributed by atoms with Gasteiger partial charge in [0.15, 0.2) is 0 Å². The van der Waals surface area contributed by atoms with E-state index in [1.54, 1.807) is 6.07 Å². The molecule has 6 heteroatoms. The van der Waals surface area contributed by atoms with Crippen molar-refractivity contribution in [2.24, 2.45) is 0 Å². The Morgan fingerprint density at radius 1 is 0.920 bits per heavy atom. The maximum Gasteiger partial charge on any atom is 0.416 e. The van der Waals surface area contributed by atoms with Crippen molar-refractivity contribution >= 4 is 12.6 Å². The fraction of sp³-hybridized carbons (Fsp3) is 0.0526. The van der Waals surface area contributed by atoms with E-state index in [1.165, 1.54) is 12.1 Å². The predicted octanol–water partition coefficient (Wildman–Crippen LogP) is 5.21. The third-order valence-corrected chi connectivity index (χ3v) is 3.99. The van der Waals surface area contributed by atoms with Gasteiger partial charge in [-0.25, -0.2) is 0 Å². The maximum absolute atomic E-state index is 12.7. The monoisotopic (exact) mass is 355 g/mol.